The number of hydrogen-bond donors (Lipinski definition) is 0. The summed E-state index contributed by atoms with van der Waals surface area (Å²) in [6.45, 7) is 2.05. The lowest BCUT2D eigenvalue weighted by molar-refractivity contribution is 0.159. The lowest BCUT2D eigenvalue weighted by atomic mass is 9.76. The first kappa shape index (κ1) is 21.4. The van der Waals surface area contributed by atoms with Gasteiger partial charge >= 0.3 is 0 Å². The fourth-order valence-electron chi connectivity index (χ4n) is 4.76. The second-order valence-electron chi connectivity index (χ2n) is 8.82. The Labute approximate surface area is 183 Å². The summed E-state index contributed by atoms with van der Waals surface area (Å²) in [6, 6.07) is 15.4. The zero-order valence-corrected chi connectivity index (χ0v) is 18.5. The van der Waals surface area contributed by atoms with Crippen molar-refractivity contribution in [3.05, 3.63) is 77.4 Å². The van der Waals surface area contributed by atoms with Crippen molar-refractivity contribution in [1.82, 2.24) is 15.0 Å². The lowest BCUT2D eigenvalue weighted by Gasteiger charge is -2.37. The van der Waals surface area contributed by atoms with Crippen LogP contribution in [0.15, 0.2) is 59.1 Å². The Morgan fingerprint density at radius 2 is 1.84 bits per heavy atom. The largest absolute Gasteiger partial charge is 0.334 e. The molecule has 1 aliphatic rings. The first-order valence-corrected chi connectivity index (χ1v) is 11.0. The maximum absolute atomic E-state index is 13.8. The van der Waals surface area contributed by atoms with E-state index in [1.165, 1.54) is 11.6 Å². The molecular formula is C26H30FN3O. The number of benzene rings is 2. The Hall–Kier alpha value is -2.79. The van der Waals surface area contributed by atoms with E-state index in [0.717, 1.165) is 36.8 Å². The summed E-state index contributed by atoms with van der Waals surface area (Å²) in [5.74, 6) is 2.03. The molecular weight excluding hydrogens is 389 g/mol. The average molecular weight is 420 g/mol. The summed E-state index contributed by atoms with van der Waals surface area (Å²) >= 11 is 0. The number of aryl methyl sites for hydroxylation is 1. The van der Waals surface area contributed by atoms with Gasteiger partial charge in [-0.15, -0.1) is 0 Å². The predicted molar refractivity (Wildman–Crippen MR) is 122 cm³/mol. The zero-order chi connectivity index (χ0) is 21.8. The monoisotopic (exact) mass is 419 g/mol. The van der Waals surface area contributed by atoms with Crippen molar-refractivity contribution in [1.29, 1.82) is 0 Å². The third-order valence-electron chi connectivity index (χ3n) is 6.24. The molecule has 1 unspecified atom stereocenters. The molecule has 1 fully saturated rings. The SMILES string of the molecule is Cc1cccc(-c2noc(/C=C/C3CCC(C(c4cccc(F)c4)N(C)C)CC3)n2)c1. The van der Waals surface area contributed by atoms with E-state index in [1.807, 2.05) is 30.3 Å². The quantitative estimate of drug-likeness (QED) is 0.470. The van der Waals surface area contributed by atoms with Crippen molar-refractivity contribution in [3.8, 4) is 11.4 Å². The minimum absolute atomic E-state index is 0.162. The normalized spacial score (nSPS) is 20.4. The molecule has 0 spiro atoms. The molecule has 0 saturated heterocycles. The molecule has 0 N–H and O–H groups in total. The Morgan fingerprint density at radius 3 is 2.55 bits per heavy atom. The van der Waals surface area contributed by atoms with E-state index in [0.29, 0.717) is 23.6 Å². The van der Waals surface area contributed by atoms with Gasteiger partial charge in [0, 0.05) is 11.6 Å². The van der Waals surface area contributed by atoms with Crippen molar-refractivity contribution in [2.24, 2.45) is 11.8 Å². The molecule has 1 atom stereocenters. The molecule has 4 nitrogen and oxygen atoms in total. The third-order valence-corrected chi connectivity index (χ3v) is 6.24. The van der Waals surface area contributed by atoms with Gasteiger partial charge in [-0.1, -0.05) is 47.1 Å². The number of aromatic nitrogens is 2. The van der Waals surface area contributed by atoms with E-state index in [4.69, 9.17) is 4.52 Å². The standard InChI is InChI=1S/C26H30FN3O/c1-18-6-4-8-22(16-18)26-28-24(31-29-26)15-12-19-10-13-20(14-11-19)25(30(2)3)21-7-5-9-23(27)17-21/h4-9,12,15-17,19-20,25H,10-11,13-14H2,1-3H3/b15-12+. The Kier molecular flexibility index (Phi) is 6.62. The molecule has 1 heterocycles. The van der Waals surface area contributed by atoms with Gasteiger partial charge in [0.2, 0.25) is 5.82 Å². The fraction of sp³-hybridized carbons (Fsp3) is 0.385. The molecule has 162 valence electrons. The molecule has 0 amide bonds. The topological polar surface area (TPSA) is 42.2 Å². The van der Waals surface area contributed by atoms with E-state index in [-0.39, 0.29) is 11.9 Å². The highest BCUT2D eigenvalue weighted by atomic mass is 19.1. The van der Waals surface area contributed by atoms with Crippen LogP contribution < -0.4 is 0 Å². The highest BCUT2D eigenvalue weighted by Gasteiger charge is 2.29. The Balaban J connectivity index is 1.37. The van der Waals surface area contributed by atoms with E-state index >= 15 is 0 Å². The highest BCUT2D eigenvalue weighted by molar-refractivity contribution is 5.56. The van der Waals surface area contributed by atoms with Crippen molar-refractivity contribution in [2.75, 3.05) is 14.1 Å². The number of allylic oxidation sites excluding steroid dienone is 1. The van der Waals surface area contributed by atoms with Gasteiger partial charge in [0.25, 0.3) is 5.89 Å². The van der Waals surface area contributed by atoms with E-state index in [9.17, 15) is 4.39 Å². The van der Waals surface area contributed by atoms with Gasteiger partial charge < -0.3 is 9.42 Å². The van der Waals surface area contributed by atoms with Crippen molar-refractivity contribution >= 4 is 6.08 Å². The highest BCUT2D eigenvalue weighted by Crippen LogP contribution is 2.40. The second-order valence-corrected chi connectivity index (χ2v) is 8.82. The molecule has 1 aromatic heterocycles. The summed E-state index contributed by atoms with van der Waals surface area (Å²) in [6.07, 6.45) is 8.61. The van der Waals surface area contributed by atoms with Crippen LogP contribution in [0.3, 0.4) is 0 Å². The number of nitrogens with zero attached hydrogens (tertiary/aromatic N) is 3. The lowest BCUT2D eigenvalue weighted by Crippen LogP contribution is -2.30. The molecule has 3 aromatic rings. The third kappa shape index (κ3) is 5.28. The van der Waals surface area contributed by atoms with Crippen molar-refractivity contribution in [2.45, 2.75) is 38.6 Å². The van der Waals surface area contributed by atoms with Crippen LogP contribution in [0.4, 0.5) is 4.39 Å². The second kappa shape index (κ2) is 9.56. The number of rotatable bonds is 6. The van der Waals surface area contributed by atoms with Gasteiger partial charge in [-0.25, -0.2) is 4.39 Å². The molecule has 4 rings (SSSR count). The van der Waals surface area contributed by atoms with Crippen LogP contribution in [0.25, 0.3) is 17.5 Å². The summed E-state index contributed by atoms with van der Waals surface area (Å²) in [5, 5.41) is 4.11. The van der Waals surface area contributed by atoms with Gasteiger partial charge in [-0.05, 0) is 88.4 Å². The first-order valence-electron chi connectivity index (χ1n) is 11.0. The van der Waals surface area contributed by atoms with Crippen LogP contribution >= 0.6 is 0 Å². The van der Waals surface area contributed by atoms with Crippen LogP contribution in [0.5, 0.6) is 0 Å². The smallest absolute Gasteiger partial charge is 0.250 e. The van der Waals surface area contributed by atoms with Crippen LogP contribution in [-0.2, 0) is 0 Å². The molecule has 5 heteroatoms. The molecule has 1 saturated carbocycles. The number of hydrogen-bond acceptors (Lipinski definition) is 4. The predicted octanol–water partition coefficient (Wildman–Crippen LogP) is 6.31. The van der Waals surface area contributed by atoms with Crippen molar-refractivity contribution in [3.63, 3.8) is 0 Å². The van der Waals surface area contributed by atoms with Crippen LogP contribution in [-0.4, -0.2) is 29.1 Å². The van der Waals surface area contributed by atoms with E-state index < -0.39 is 0 Å². The Bertz CT molecular complexity index is 1030. The summed E-state index contributed by atoms with van der Waals surface area (Å²) < 4.78 is 19.2. The van der Waals surface area contributed by atoms with Crippen LogP contribution in [0.1, 0.15) is 48.7 Å². The molecule has 1 aliphatic carbocycles. The first-order chi connectivity index (χ1) is 15.0. The minimum atomic E-state index is -0.162. The molecule has 0 bridgehead atoms. The zero-order valence-electron chi connectivity index (χ0n) is 18.5. The average Bonchev–Trinajstić information content (AvgIpc) is 3.22. The Morgan fingerprint density at radius 1 is 1.06 bits per heavy atom. The summed E-state index contributed by atoms with van der Waals surface area (Å²) in [4.78, 5) is 6.74. The van der Waals surface area contributed by atoms with Gasteiger partial charge in [0.05, 0.1) is 0 Å². The molecule has 2 aromatic carbocycles. The van der Waals surface area contributed by atoms with Gasteiger partial charge in [-0.2, -0.15) is 4.98 Å². The maximum atomic E-state index is 13.8. The van der Waals surface area contributed by atoms with Gasteiger partial charge in [-0.3, -0.25) is 0 Å². The van der Waals surface area contributed by atoms with Gasteiger partial charge in [0.1, 0.15) is 5.82 Å². The minimum Gasteiger partial charge on any atom is -0.334 e. The van der Waals surface area contributed by atoms with Crippen LogP contribution in [0.2, 0.25) is 0 Å². The molecule has 0 radical (unpaired) electrons. The summed E-state index contributed by atoms with van der Waals surface area (Å²) in [7, 11) is 4.17. The maximum Gasteiger partial charge on any atom is 0.250 e. The van der Waals surface area contributed by atoms with Crippen molar-refractivity contribution < 1.29 is 8.91 Å². The molecule has 31 heavy (non-hydrogen) atoms. The van der Waals surface area contributed by atoms with Gasteiger partial charge in [0.15, 0.2) is 0 Å². The fourth-order valence-corrected chi connectivity index (χ4v) is 4.76. The van der Waals surface area contributed by atoms with E-state index in [2.05, 4.69) is 54.3 Å². The van der Waals surface area contributed by atoms with Crippen LogP contribution in [0, 0.1) is 24.6 Å². The summed E-state index contributed by atoms with van der Waals surface area (Å²) in [5.41, 5.74) is 3.21. The number of halogens is 1. The molecule has 0 aliphatic heterocycles. The van der Waals surface area contributed by atoms with E-state index in [1.54, 1.807) is 6.07 Å².